The molecule has 0 saturated carbocycles. The molecule has 0 unspecified atom stereocenters. The van der Waals surface area contributed by atoms with Crippen LogP contribution in [0.5, 0.6) is 0 Å². The van der Waals surface area contributed by atoms with E-state index in [-0.39, 0.29) is 18.1 Å². The minimum absolute atomic E-state index is 0.0450. The van der Waals surface area contributed by atoms with Gasteiger partial charge in [0, 0.05) is 38.6 Å². The zero-order chi connectivity index (χ0) is 16.4. The van der Waals surface area contributed by atoms with Gasteiger partial charge in [0.15, 0.2) is 0 Å². The molecule has 2 aromatic rings. The molecular formula is C17H23N3O3. The van der Waals surface area contributed by atoms with E-state index < -0.39 is 0 Å². The first-order valence-corrected chi connectivity index (χ1v) is 7.96. The number of H-pyrrole nitrogens is 1. The Kier molecular flexibility index (Phi) is 4.52. The molecule has 0 bridgehead atoms. The van der Waals surface area contributed by atoms with Gasteiger partial charge in [-0.1, -0.05) is 0 Å². The van der Waals surface area contributed by atoms with Gasteiger partial charge in [0.05, 0.1) is 24.1 Å². The third-order valence-electron chi connectivity index (χ3n) is 4.54. The summed E-state index contributed by atoms with van der Waals surface area (Å²) >= 11 is 0. The monoisotopic (exact) mass is 317 g/mol. The van der Waals surface area contributed by atoms with E-state index in [1.54, 1.807) is 13.4 Å². The van der Waals surface area contributed by atoms with E-state index in [1.807, 2.05) is 30.9 Å². The Hall–Kier alpha value is -2.08. The maximum absolute atomic E-state index is 12.7. The van der Waals surface area contributed by atoms with Crippen molar-refractivity contribution in [2.45, 2.75) is 45.3 Å². The van der Waals surface area contributed by atoms with Crippen molar-refractivity contribution in [2.24, 2.45) is 0 Å². The SMILES string of the molecule is CO[C@@H]1C[C@@H](c2nc(C)c(C)[nH]2)N(C(=O)CCc2ccco2)C1. The van der Waals surface area contributed by atoms with Gasteiger partial charge in [-0.05, 0) is 26.0 Å². The Morgan fingerprint density at radius 3 is 2.96 bits per heavy atom. The molecule has 1 saturated heterocycles. The van der Waals surface area contributed by atoms with E-state index in [9.17, 15) is 4.79 Å². The zero-order valence-corrected chi connectivity index (χ0v) is 13.8. The number of carbonyl (C=O) groups excluding carboxylic acids is 1. The number of aromatic nitrogens is 2. The molecule has 3 heterocycles. The summed E-state index contributed by atoms with van der Waals surface area (Å²) in [5.74, 6) is 1.80. The number of furan rings is 1. The normalized spacial score (nSPS) is 21.1. The second-order valence-corrected chi connectivity index (χ2v) is 6.07. The van der Waals surface area contributed by atoms with Crippen molar-refractivity contribution in [2.75, 3.05) is 13.7 Å². The van der Waals surface area contributed by atoms with Crippen molar-refractivity contribution in [1.82, 2.24) is 14.9 Å². The van der Waals surface area contributed by atoms with Gasteiger partial charge in [-0.25, -0.2) is 4.98 Å². The fourth-order valence-corrected chi connectivity index (χ4v) is 3.06. The van der Waals surface area contributed by atoms with Crippen LogP contribution in [-0.4, -0.2) is 40.5 Å². The zero-order valence-electron chi connectivity index (χ0n) is 13.8. The number of hydrogen-bond acceptors (Lipinski definition) is 4. The Morgan fingerprint density at radius 2 is 2.35 bits per heavy atom. The fraction of sp³-hybridized carbons (Fsp3) is 0.529. The van der Waals surface area contributed by atoms with Gasteiger partial charge in [0.25, 0.3) is 0 Å². The van der Waals surface area contributed by atoms with Crippen molar-refractivity contribution < 1.29 is 13.9 Å². The summed E-state index contributed by atoms with van der Waals surface area (Å²) in [6, 6.07) is 3.69. The molecule has 1 amide bonds. The number of aryl methyl sites for hydroxylation is 3. The molecule has 0 aliphatic carbocycles. The van der Waals surface area contributed by atoms with Gasteiger partial charge in [-0.3, -0.25) is 4.79 Å². The number of nitrogens with one attached hydrogen (secondary N) is 1. The average Bonchev–Trinajstić information content (AvgIpc) is 3.25. The third kappa shape index (κ3) is 3.32. The minimum atomic E-state index is -0.0450. The number of nitrogens with zero attached hydrogens (tertiary/aromatic N) is 2. The van der Waals surface area contributed by atoms with Crippen LogP contribution < -0.4 is 0 Å². The smallest absolute Gasteiger partial charge is 0.223 e. The number of rotatable bonds is 5. The molecule has 6 nitrogen and oxygen atoms in total. The maximum Gasteiger partial charge on any atom is 0.223 e. The summed E-state index contributed by atoms with van der Waals surface area (Å²) in [4.78, 5) is 22.4. The highest BCUT2D eigenvalue weighted by Crippen LogP contribution is 2.33. The number of amides is 1. The summed E-state index contributed by atoms with van der Waals surface area (Å²) in [5, 5.41) is 0. The lowest BCUT2D eigenvalue weighted by Gasteiger charge is -2.22. The number of ether oxygens (including phenoxy) is 1. The minimum Gasteiger partial charge on any atom is -0.469 e. The first-order chi connectivity index (χ1) is 11.1. The standard InChI is InChI=1S/C17H23N3O3/c1-11-12(2)19-17(18-11)15-9-14(22-3)10-20(15)16(21)7-6-13-5-4-8-23-13/h4-5,8,14-15H,6-7,9-10H2,1-3H3,(H,18,19)/t14-,15+/m1/s1. The number of hydrogen-bond donors (Lipinski definition) is 1. The van der Waals surface area contributed by atoms with E-state index in [2.05, 4.69) is 9.97 Å². The largest absolute Gasteiger partial charge is 0.469 e. The summed E-state index contributed by atoms with van der Waals surface area (Å²) in [5.41, 5.74) is 2.02. The Bertz CT molecular complexity index is 643. The predicted octanol–water partition coefficient (Wildman–Crippen LogP) is 2.54. The number of methoxy groups -OCH3 is 1. The lowest BCUT2D eigenvalue weighted by Crippen LogP contribution is -2.32. The lowest BCUT2D eigenvalue weighted by atomic mass is 10.1. The van der Waals surface area contributed by atoms with E-state index in [0.717, 1.165) is 29.4 Å². The maximum atomic E-state index is 12.7. The molecule has 2 atom stereocenters. The van der Waals surface area contributed by atoms with Crippen molar-refractivity contribution in [3.63, 3.8) is 0 Å². The Balaban J connectivity index is 1.72. The van der Waals surface area contributed by atoms with Crippen molar-refractivity contribution in [1.29, 1.82) is 0 Å². The van der Waals surface area contributed by atoms with Gasteiger partial charge < -0.3 is 19.0 Å². The second-order valence-electron chi connectivity index (χ2n) is 6.07. The van der Waals surface area contributed by atoms with Crippen LogP contribution in [0, 0.1) is 13.8 Å². The average molecular weight is 317 g/mol. The molecule has 6 heteroatoms. The highest BCUT2D eigenvalue weighted by molar-refractivity contribution is 5.77. The molecule has 2 aromatic heterocycles. The van der Waals surface area contributed by atoms with E-state index in [1.165, 1.54) is 0 Å². The number of likely N-dealkylation sites (tertiary alicyclic amines) is 1. The van der Waals surface area contributed by atoms with Gasteiger partial charge in [0.1, 0.15) is 11.6 Å². The molecule has 1 fully saturated rings. The van der Waals surface area contributed by atoms with Crippen LogP contribution in [0.1, 0.15) is 41.9 Å². The molecular weight excluding hydrogens is 294 g/mol. The van der Waals surface area contributed by atoms with Crippen molar-refractivity contribution in [3.05, 3.63) is 41.4 Å². The van der Waals surface area contributed by atoms with Gasteiger partial charge in [-0.15, -0.1) is 0 Å². The first-order valence-electron chi connectivity index (χ1n) is 7.96. The summed E-state index contributed by atoms with van der Waals surface area (Å²) < 4.78 is 10.8. The van der Waals surface area contributed by atoms with Crippen LogP contribution in [0.15, 0.2) is 22.8 Å². The van der Waals surface area contributed by atoms with Crippen LogP contribution >= 0.6 is 0 Å². The molecule has 0 aromatic carbocycles. The van der Waals surface area contributed by atoms with Crippen LogP contribution in [-0.2, 0) is 16.0 Å². The van der Waals surface area contributed by atoms with Crippen molar-refractivity contribution in [3.8, 4) is 0 Å². The molecule has 0 spiro atoms. The summed E-state index contributed by atoms with van der Waals surface area (Å²) in [6.07, 6.45) is 3.50. The van der Waals surface area contributed by atoms with Gasteiger partial charge in [0.2, 0.25) is 5.91 Å². The van der Waals surface area contributed by atoms with Crippen LogP contribution in [0.4, 0.5) is 0 Å². The summed E-state index contributed by atoms with van der Waals surface area (Å²) in [7, 11) is 1.69. The van der Waals surface area contributed by atoms with E-state index in [0.29, 0.717) is 19.4 Å². The van der Waals surface area contributed by atoms with Gasteiger partial charge in [-0.2, -0.15) is 0 Å². The van der Waals surface area contributed by atoms with Crippen molar-refractivity contribution >= 4 is 5.91 Å². The topological polar surface area (TPSA) is 71.4 Å². The van der Waals surface area contributed by atoms with Crippen LogP contribution in [0.25, 0.3) is 0 Å². The number of aromatic amines is 1. The first kappa shape index (κ1) is 15.8. The summed E-state index contributed by atoms with van der Waals surface area (Å²) in [6.45, 7) is 4.58. The molecule has 3 rings (SSSR count). The highest BCUT2D eigenvalue weighted by Gasteiger charge is 2.37. The number of carbonyl (C=O) groups is 1. The molecule has 23 heavy (non-hydrogen) atoms. The quantitative estimate of drug-likeness (QED) is 0.920. The molecule has 1 aliphatic rings. The molecule has 0 radical (unpaired) electrons. The number of imidazole rings is 1. The second kappa shape index (κ2) is 6.58. The lowest BCUT2D eigenvalue weighted by molar-refractivity contribution is -0.132. The van der Waals surface area contributed by atoms with E-state index >= 15 is 0 Å². The van der Waals surface area contributed by atoms with E-state index in [4.69, 9.17) is 9.15 Å². The third-order valence-corrected chi connectivity index (χ3v) is 4.54. The van der Waals surface area contributed by atoms with Crippen LogP contribution in [0.3, 0.4) is 0 Å². The fourth-order valence-electron chi connectivity index (χ4n) is 3.06. The molecule has 124 valence electrons. The Labute approximate surface area is 135 Å². The van der Waals surface area contributed by atoms with Crippen LogP contribution in [0.2, 0.25) is 0 Å². The predicted molar refractivity (Wildman–Crippen MR) is 85.0 cm³/mol. The highest BCUT2D eigenvalue weighted by atomic mass is 16.5. The molecule has 1 N–H and O–H groups in total. The van der Waals surface area contributed by atoms with Gasteiger partial charge >= 0.3 is 0 Å². The Morgan fingerprint density at radius 1 is 1.52 bits per heavy atom. The molecule has 1 aliphatic heterocycles.